The van der Waals surface area contributed by atoms with Crippen LogP contribution in [0.25, 0.3) is 10.9 Å². The maximum atomic E-state index is 11.9. The van der Waals surface area contributed by atoms with Crippen LogP contribution in [0.2, 0.25) is 0 Å². The monoisotopic (exact) mass is 367 g/mol. The van der Waals surface area contributed by atoms with E-state index < -0.39 is 5.60 Å². The van der Waals surface area contributed by atoms with Crippen molar-refractivity contribution in [1.82, 2.24) is 15.3 Å². The van der Waals surface area contributed by atoms with E-state index in [0.717, 1.165) is 42.4 Å². The normalized spacial score (nSPS) is 19.9. The first kappa shape index (κ1) is 18.9. The van der Waals surface area contributed by atoms with Gasteiger partial charge in [0.05, 0.1) is 17.1 Å². The molecule has 0 aliphatic heterocycles. The average Bonchev–Trinajstić information content (AvgIpc) is 2.61. The van der Waals surface area contributed by atoms with Gasteiger partial charge in [0.25, 0.3) is 0 Å². The number of carbonyl (C=O) groups excluding carboxylic acids is 1. The van der Waals surface area contributed by atoms with Crippen molar-refractivity contribution >= 4 is 22.8 Å². The molecule has 1 aliphatic rings. The van der Waals surface area contributed by atoms with Gasteiger partial charge < -0.3 is 15.4 Å². The molecule has 1 aliphatic carbocycles. The van der Waals surface area contributed by atoms with Crippen LogP contribution in [0.4, 0.5) is 10.6 Å². The number of rotatable bonds is 3. The van der Waals surface area contributed by atoms with Crippen molar-refractivity contribution in [2.45, 2.75) is 64.1 Å². The topological polar surface area (TPSA) is 99.9 Å². The molecule has 0 atom stereocenters. The number of nitriles is 1. The Morgan fingerprint density at radius 1 is 1.19 bits per heavy atom. The molecule has 1 aromatic heterocycles. The number of amides is 1. The zero-order chi connectivity index (χ0) is 19.4. The molecule has 1 heterocycles. The van der Waals surface area contributed by atoms with Crippen molar-refractivity contribution < 1.29 is 9.53 Å². The summed E-state index contributed by atoms with van der Waals surface area (Å²) in [5, 5.41) is 16.4. The van der Waals surface area contributed by atoms with Crippen molar-refractivity contribution in [3.63, 3.8) is 0 Å². The molecular formula is C20H25N5O2. The summed E-state index contributed by atoms with van der Waals surface area (Å²) in [7, 11) is 0. The number of anilines is 1. The third-order valence-corrected chi connectivity index (χ3v) is 4.55. The molecule has 2 N–H and O–H groups in total. The van der Waals surface area contributed by atoms with Gasteiger partial charge in [0, 0.05) is 17.5 Å². The van der Waals surface area contributed by atoms with E-state index in [1.54, 1.807) is 6.07 Å². The highest BCUT2D eigenvalue weighted by Crippen LogP contribution is 2.26. The van der Waals surface area contributed by atoms with Crippen LogP contribution in [0.3, 0.4) is 0 Å². The molecule has 1 saturated carbocycles. The smallest absolute Gasteiger partial charge is 0.407 e. The second-order valence-electron chi connectivity index (χ2n) is 7.91. The average molecular weight is 367 g/mol. The fraction of sp³-hybridized carbons (Fsp3) is 0.500. The summed E-state index contributed by atoms with van der Waals surface area (Å²) in [5.41, 5.74) is 0.913. The summed E-state index contributed by atoms with van der Waals surface area (Å²) in [5.74, 6) is 0.751. The predicted octanol–water partition coefficient (Wildman–Crippen LogP) is 3.75. The summed E-state index contributed by atoms with van der Waals surface area (Å²) in [4.78, 5) is 20.5. The molecule has 0 spiro atoms. The van der Waals surface area contributed by atoms with E-state index >= 15 is 0 Å². The van der Waals surface area contributed by atoms with Crippen LogP contribution in [0.1, 0.15) is 52.0 Å². The van der Waals surface area contributed by atoms with Crippen LogP contribution in [-0.4, -0.2) is 33.7 Å². The highest BCUT2D eigenvalue weighted by atomic mass is 16.6. The first-order chi connectivity index (χ1) is 12.8. The van der Waals surface area contributed by atoms with Crippen LogP contribution < -0.4 is 10.6 Å². The number of ether oxygens (including phenoxy) is 1. The quantitative estimate of drug-likeness (QED) is 0.857. The number of carbonyl (C=O) groups is 1. The minimum Gasteiger partial charge on any atom is -0.444 e. The van der Waals surface area contributed by atoms with E-state index in [0.29, 0.717) is 5.56 Å². The number of nitrogens with zero attached hydrogens (tertiary/aromatic N) is 3. The van der Waals surface area contributed by atoms with E-state index in [1.807, 2.05) is 32.9 Å². The second-order valence-corrected chi connectivity index (χ2v) is 7.91. The van der Waals surface area contributed by atoms with Gasteiger partial charge in [0.1, 0.15) is 17.7 Å². The minimum absolute atomic E-state index is 0.130. The zero-order valence-electron chi connectivity index (χ0n) is 16.0. The molecule has 3 rings (SSSR count). The fourth-order valence-corrected chi connectivity index (χ4v) is 3.29. The Hall–Kier alpha value is -2.88. The predicted molar refractivity (Wildman–Crippen MR) is 103 cm³/mol. The highest BCUT2D eigenvalue weighted by Gasteiger charge is 2.25. The summed E-state index contributed by atoms with van der Waals surface area (Å²) in [6.45, 7) is 5.57. The van der Waals surface area contributed by atoms with Crippen molar-refractivity contribution in [2.75, 3.05) is 5.32 Å². The lowest BCUT2D eigenvalue weighted by atomic mass is 9.91. The molecule has 0 saturated heterocycles. The van der Waals surface area contributed by atoms with Gasteiger partial charge >= 0.3 is 6.09 Å². The first-order valence-corrected chi connectivity index (χ1v) is 9.25. The maximum absolute atomic E-state index is 11.9. The van der Waals surface area contributed by atoms with Gasteiger partial charge in [-0.05, 0) is 64.7 Å². The SMILES string of the molecule is CC(C)(C)OC(=O)NC1CCC(Nc2ncnc3ccc(C#N)cc23)CC1. The van der Waals surface area contributed by atoms with Crippen molar-refractivity contribution in [2.24, 2.45) is 0 Å². The molecule has 1 aromatic carbocycles. The Balaban J connectivity index is 1.59. The molecule has 2 aromatic rings. The molecule has 0 bridgehead atoms. The van der Waals surface area contributed by atoms with Crippen molar-refractivity contribution in [3.05, 3.63) is 30.1 Å². The Kier molecular flexibility index (Phi) is 5.45. The molecule has 0 radical (unpaired) electrons. The molecule has 0 unspecified atom stereocenters. The second kappa shape index (κ2) is 7.78. The molecule has 1 fully saturated rings. The van der Waals surface area contributed by atoms with Gasteiger partial charge in [-0.25, -0.2) is 14.8 Å². The van der Waals surface area contributed by atoms with E-state index in [9.17, 15) is 4.79 Å². The third kappa shape index (κ3) is 5.07. The van der Waals surface area contributed by atoms with Gasteiger partial charge in [-0.2, -0.15) is 5.26 Å². The zero-order valence-corrected chi connectivity index (χ0v) is 16.0. The summed E-state index contributed by atoms with van der Waals surface area (Å²) < 4.78 is 5.32. The van der Waals surface area contributed by atoms with E-state index in [4.69, 9.17) is 10.00 Å². The number of aromatic nitrogens is 2. The van der Waals surface area contributed by atoms with Gasteiger partial charge in [0.2, 0.25) is 0 Å². The molecule has 1 amide bonds. The van der Waals surface area contributed by atoms with Crippen LogP contribution in [0.15, 0.2) is 24.5 Å². The largest absolute Gasteiger partial charge is 0.444 e. The van der Waals surface area contributed by atoms with Gasteiger partial charge in [-0.1, -0.05) is 0 Å². The molecule has 27 heavy (non-hydrogen) atoms. The number of benzene rings is 1. The molecule has 7 nitrogen and oxygen atoms in total. The number of hydrogen-bond acceptors (Lipinski definition) is 6. The summed E-state index contributed by atoms with van der Waals surface area (Å²) in [6.07, 6.45) is 4.78. The van der Waals surface area contributed by atoms with Gasteiger partial charge in [-0.3, -0.25) is 0 Å². The molecular weight excluding hydrogens is 342 g/mol. The molecule has 7 heteroatoms. The Bertz CT molecular complexity index is 861. The Morgan fingerprint density at radius 3 is 2.56 bits per heavy atom. The van der Waals surface area contributed by atoms with Crippen LogP contribution >= 0.6 is 0 Å². The Morgan fingerprint density at radius 2 is 1.89 bits per heavy atom. The standard InChI is InChI=1S/C20H25N5O2/c1-20(2,3)27-19(26)25-15-7-5-14(6-8-15)24-18-16-10-13(11-21)4-9-17(16)22-12-23-18/h4,9-10,12,14-15H,5-8H2,1-3H3,(H,25,26)(H,22,23,24). The van der Waals surface area contributed by atoms with E-state index in [-0.39, 0.29) is 18.2 Å². The lowest BCUT2D eigenvalue weighted by molar-refractivity contribution is 0.0492. The van der Waals surface area contributed by atoms with Crippen molar-refractivity contribution in [3.8, 4) is 6.07 Å². The van der Waals surface area contributed by atoms with Gasteiger partial charge in [0.15, 0.2) is 0 Å². The number of alkyl carbamates (subject to hydrolysis) is 1. The number of hydrogen-bond donors (Lipinski definition) is 2. The molecule has 142 valence electrons. The van der Waals surface area contributed by atoms with Gasteiger partial charge in [-0.15, -0.1) is 0 Å². The lowest BCUT2D eigenvalue weighted by Gasteiger charge is -2.31. The minimum atomic E-state index is -0.487. The van der Waals surface area contributed by atoms with Crippen molar-refractivity contribution in [1.29, 1.82) is 5.26 Å². The van der Waals surface area contributed by atoms with E-state index in [2.05, 4.69) is 26.7 Å². The van der Waals surface area contributed by atoms with Crippen LogP contribution in [0, 0.1) is 11.3 Å². The fourth-order valence-electron chi connectivity index (χ4n) is 3.29. The Labute approximate surface area is 159 Å². The number of nitrogens with one attached hydrogen (secondary N) is 2. The van der Waals surface area contributed by atoms with Crippen LogP contribution in [0.5, 0.6) is 0 Å². The summed E-state index contributed by atoms with van der Waals surface area (Å²) >= 11 is 0. The summed E-state index contributed by atoms with van der Waals surface area (Å²) in [6, 6.07) is 7.96. The third-order valence-electron chi connectivity index (χ3n) is 4.55. The highest BCUT2D eigenvalue weighted by molar-refractivity contribution is 5.89. The number of fused-ring (bicyclic) bond motifs is 1. The van der Waals surface area contributed by atoms with Crippen LogP contribution in [-0.2, 0) is 4.74 Å². The maximum Gasteiger partial charge on any atom is 0.407 e. The van der Waals surface area contributed by atoms with E-state index in [1.165, 1.54) is 6.33 Å². The first-order valence-electron chi connectivity index (χ1n) is 9.25. The lowest BCUT2D eigenvalue weighted by Crippen LogP contribution is -2.42.